The number of rotatable bonds is 5. The van der Waals surface area contributed by atoms with Crippen LogP contribution in [0.1, 0.15) is 6.92 Å². The molecule has 1 N–H and O–H groups in total. The minimum absolute atomic E-state index is 0.101. The minimum atomic E-state index is -4.10. The van der Waals surface area contributed by atoms with E-state index in [1.807, 2.05) is 4.72 Å². The predicted octanol–water partition coefficient (Wildman–Crippen LogP) is 3.82. The summed E-state index contributed by atoms with van der Waals surface area (Å²) in [7, 11) is -4.10. The predicted molar refractivity (Wildman–Crippen MR) is 79.8 cm³/mol. The Bertz CT molecular complexity index is 797. The molecule has 8 heteroatoms. The SMILES string of the molecule is CCOc1ccc(S(=O)(=O)Nc2cc(F)ccc2F)cc1Cl. The lowest BCUT2D eigenvalue weighted by Gasteiger charge is -2.11. The zero-order valence-electron chi connectivity index (χ0n) is 11.4. The van der Waals surface area contributed by atoms with Crippen LogP contribution in [0.25, 0.3) is 0 Å². The highest BCUT2D eigenvalue weighted by Gasteiger charge is 2.18. The van der Waals surface area contributed by atoms with Crippen LogP contribution in [-0.4, -0.2) is 15.0 Å². The average Bonchev–Trinajstić information content (AvgIpc) is 2.45. The molecule has 0 saturated heterocycles. The van der Waals surface area contributed by atoms with Gasteiger partial charge in [-0.2, -0.15) is 0 Å². The highest BCUT2D eigenvalue weighted by Crippen LogP contribution is 2.28. The molecule has 0 amide bonds. The van der Waals surface area contributed by atoms with Crippen molar-refractivity contribution in [3.8, 4) is 5.75 Å². The van der Waals surface area contributed by atoms with Gasteiger partial charge in [0.15, 0.2) is 0 Å². The van der Waals surface area contributed by atoms with Gasteiger partial charge in [-0.15, -0.1) is 0 Å². The lowest BCUT2D eigenvalue weighted by molar-refractivity contribution is 0.340. The molecule has 0 radical (unpaired) electrons. The number of sulfonamides is 1. The van der Waals surface area contributed by atoms with Crippen molar-refractivity contribution in [2.45, 2.75) is 11.8 Å². The van der Waals surface area contributed by atoms with Gasteiger partial charge in [0.2, 0.25) is 0 Å². The molecular formula is C14H12ClF2NO3S. The number of ether oxygens (including phenoxy) is 1. The number of benzene rings is 2. The molecular weight excluding hydrogens is 336 g/mol. The third-order valence-corrected chi connectivity index (χ3v) is 4.34. The quantitative estimate of drug-likeness (QED) is 0.894. The summed E-state index contributed by atoms with van der Waals surface area (Å²) in [4.78, 5) is -0.190. The van der Waals surface area contributed by atoms with Gasteiger partial charge < -0.3 is 4.74 Å². The third kappa shape index (κ3) is 3.66. The summed E-state index contributed by atoms with van der Waals surface area (Å²) in [5.41, 5.74) is -0.481. The summed E-state index contributed by atoms with van der Waals surface area (Å²) < 4.78 is 58.2. The van der Waals surface area contributed by atoms with E-state index in [4.69, 9.17) is 16.3 Å². The second-order valence-corrected chi connectivity index (χ2v) is 6.34. The Kier molecular flexibility index (Phi) is 4.87. The molecule has 0 spiro atoms. The van der Waals surface area contributed by atoms with Crippen molar-refractivity contribution in [3.05, 3.63) is 53.1 Å². The van der Waals surface area contributed by atoms with E-state index in [0.29, 0.717) is 12.4 Å². The van der Waals surface area contributed by atoms with Crippen molar-refractivity contribution < 1.29 is 21.9 Å². The van der Waals surface area contributed by atoms with Crippen LogP contribution in [0.5, 0.6) is 5.75 Å². The van der Waals surface area contributed by atoms with Gasteiger partial charge in [-0.1, -0.05) is 11.6 Å². The fourth-order valence-electron chi connectivity index (χ4n) is 1.70. The van der Waals surface area contributed by atoms with E-state index >= 15 is 0 Å². The molecule has 0 aliphatic heterocycles. The molecule has 22 heavy (non-hydrogen) atoms. The fraction of sp³-hybridized carbons (Fsp3) is 0.143. The smallest absolute Gasteiger partial charge is 0.262 e. The first-order valence-corrected chi connectivity index (χ1v) is 8.10. The highest BCUT2D eigenvalue weighted by atomic mass is 35.5. The molecule has 0 aliphatic carbocycles. The summed E-state index contributed by atoms with van der Waals surface area (Å²) in [6.45, 7) is 2.13. The molecule has 0 heterocycles. The lowest BCUT2D eigenvalue weighted by atomic mass is 10.3. The van der Waals surface area contributed by atoms with Gasteiger partial charge in [-0.3, -0.25) is 4.72 Å². The van der Waals surface area contributed by atoms with Crippen LogP contribution >= 0.6 is 11.6 Å². The van der Waals surface area contributed by atoms with Gasteiger partial charge >= 0.3 is 0 Å². The Hall–Kier alpha value is -1.86. The van der Waals surface area contributed by atoms with E-state index in [-0.39, 0.29) is 9.92 Å². The number of hydrogen-bond donors (Lipinski definition) is 1. The maximum absolute atomic E-state index is 13.5. The standard InChI is InChI=1S/C14H12ClF2NO3S/c1-2-21-14-6-4-10(8-11(14)15)22(19,20)18-13-7-9(16)3-5-12(13)17/h3-8,18H,2H2,1H3. The topological polar surface area (TPSA) is 55.4 Å². The maximum Gasteiger partial charge on any atom is 0.262 e. The summed E-state index contributed by atoms with van der Waals surface area (Å²) in [5, 5.41) is 0.101. The molecule has 0 bridgehead atoms. The summed E-state index contributed by atoms with van der Waals surface area (Å²) >= 11 is 5.92. The van der Waals surface area contributed by atoms with Gasteiger partial charge in [0.1, 0.15) is 17.4 Å². The first-order valence-electron chi connectivity index (χ1n) is 6.23. The molecule has 2 aromatic rings. The Morgan fingerprint density at radius 2 is 1.91 bits per heavy atom. The molecule has 0 aliphatic rings. The molecule has 0 aromatic heterocycles. The second-order valence-electron chi connectivity index (χ2n) is 4.25. The van der Waals surface area contributed by atoms with E-state index in [9.17, 15) is 17.2 Å². The number of hydrogen-bond acceptors (Lipinski definition) is 3. The van der Waals surface area contributed by atoms with Crippen molar-refractivity contribution in [2.24, 2.45) is 0 Å². The number of nitrogens with one attached hydrogen (secondary N) is 1. The monoisotopic (exact) mass is 347 g/mol. The zero-order chi connectivity index (χ0) is 16.3. The van der Waals surface area contributed by atoms with Crippen LogP contribution < -0.4 is 9.46 Å². The number of halogens is 3. The molecule has 2 rings (SSSR count). The van der Waals surface area contributed by atoms with Crippen LogP contribution in [-0.2, 0) is 10.0 Å². The van der Waals surface area contributed by atoms with Crippen molar-refractivity contribution in [3.63, 3.8) is 0 Å². The van der Waals surface area contributed by atoms with Gasteiger partial charge in [0.05, 0.1) is 22.2 Å². The van der Waals surface area contributed by atoms with Gasteiger partial charge in [0, 0.05) is 6.07 Å². The molecule has 0 fully saturated rings. The van der Waals surface area contributed by atoms with E-state index in [0.717, 1.165) is 18.2 Å². The molecule has 0 unspecified atom stereocenters. The van der Waals surface area contributed by atoms with E-state index in [1.54, 1.807) is 6.92 Å². The zero-order valence-corrected chi connectivity index (χ0v) is 13.0. The van der Waals surface area contributed by atoms with Crippen molar-refractivity contribution >= 4 is 27.3 Å². The Balaban J connectivity index is 2.34. The molecule has 4 nitrogen and oxygen atoms in total. The second kappa shape index (κ2) is 6.50. The summed E-state index contributed by atoms with van der Waals surface area (Å²) in [6.07, 6.45) is 0. The Morgan fingerprint density at radius 1 is 1.18 bits per heavy atom. The van der Waals surface area contributed by atoms with Crippen LogP contribution in [0.3, 0.4) is 0 Å². The summed E-state index contributed by atoms with van der Waals surface area (Å²) in [5.74, 6) is -1.31. The Labute approximate surface area is 131 Å². The van der Waals surface area contributed by atoms with Crippen LogP contribution in [0.4, 0.5) is 14.5 Å². The molecule has 118 valence electrons. The lowest BCUT2D eigenvalue weighted by Crippen LogP contribution is -2.14. The normalized spacial score (nSPS) is 11.3. The molecule has 0 atom stereocenters. The minimum Gasteiger partial charge on any atom is -0.492 e. The number of anilines is 1. The largest absolute Gasteiger partial charge is 0.492 e. The molecule has 2 aromatic carbocycles. The highest BCUT2D eigenvalue weighted by molar-refractivity contribution is 7.92. The van der Waals surface area contributed by atoms with Crippen molar-refractivity contribution in [2.75, 3.05) is 11.3 Å². The van der Waals surface area contributed by atoms with E-state index in [1.165, 1.54) is 18.2 Å². The van der Waals surface area contributed by atoms with E-state index < -0.39 is 27.3 Å². The first kappa shape index (κ1) is 16.5. The van der Waals surface area contributed by atoms with Crippen molar-refractivity contribution in [1.29, 1.82) is 0 Å². The average molecular weight is 348 g/mol. The van der Waals surface area contributed by atoms with Gasteiger partial charge in [-0.05, 0) is 37.3 Å². The first-order chi connectivity index (χ1) is 10.3. The van der Waals surface area contributed by atoms with Crippen LogP contribution in [0, 0.1) is 11.6 Å². The third-order valence-electron chi connectivity index (χ3n) is 2.69. The van der Waals surface area contributed by atoms with E-state index in [2.05, 4.69) is 0 Å². The summed E-state index contributed by atoms with van der Waals surface area (Å²) in [6, 6.07) is 6.30. The van der Waals surface area contributed by atoms with Gasteiger partial charge in [-0.25, -0.2) is 17.2 Å². The van der Waals surface area contributed by atoms with Crippen LogP contribution in [0.15, 0.2) is 41.3 Å². The van der Waals surface area contributed by atoms with Crippen LogP contribution in [0.2, 0.25) is 5.02 Å². The maximum atomic E-state index is 13.5. The fourth-order valence-corrected chi connectivity index (χ4v) is 3.08. The molecule has 0 saturated carbocycles. The van der Waals surface area contributed by atoms with Gasteiger partial charge in [0.25, 0.3) is 10.0 Å². The Morgan fingerprint density at radius 3 is 2.55 bits per heavy atom. The van der Waals surface area contributed by atoms with Crippen molar-refractivity contribution in [1.82, 2.24) is 0 Å².